The number of hydrogen-bond donors (Lipinski definition) is 0. The molecule has 10 aromatic rings. The number of anilines is 3. The average molecular weight is 643 g/mol. The maximum Gasteiger partial charge on any atom is 0.0542 e. The van der Waals surface area contributed by atoms with Crippen molar-refractivity contribution in [2.24, 2.45) is 0 Å². The summed E-state index contributed by atoms with van der Waals surface area (Å²) in [7, 11) is 0. The van der Waals surface area contributed by atoms with Crippen molar-refractivity contribution in [1.29, 1.82) is 0 Å². The maximum absolute atomic E-state index is 2.46. The van der Waals surface area contributed by atoms with E-state index < -0.39 is 0 Å². The molecule has 0 bridgehead atoms. The lowest BCUT2D eigenvalue weighted by Gasteiger charge is -2.28. The number of rotatable bonds is 5. The molecule has 0 radical (unpaired) electrons. The van der Waals surface area contributed by atoms with Gasteiger partial charge in [0.25, 0.3) is 0 Å². The smallest absolute Gasteiger partial charge is 0.0542 e. The van der Waals surface area contributed by atoms with Crippen LogP contribution in [0, 0.1) is 0 Å². The van der Waals surface area contributed by atoms with Crippen LogP contribution in [0.25, 0.3) is 69.6 Å². The fraction of sp³-hybridized carbons (Fsp3) is 0. The number of hydrogen-bond acceptors (Lipinski definition) is 2. The summed E-state index contributed by atoms with van der Waals surface area (Å²) >= 11 is 1.86. The van der Waals surface area contributed by atoms with E-state index in [0.717, 1.165) is 22.7 Å². The lowest BCUT2D eigenvalue weighted by atomic mass is 9.96. The first-order chi connectivity index (χ1) is 24.3. The SMILES string of the molecule is c1ccc(-n2c3ccccc3c3cc(N(c4ccc5sc6ccccc6c5c4)c4ccccc4-c4cccc5ccccc45)ccc32)cc1. The van der Waals surface area contributed by atoms with Gasteiger partial charge in [-0.2, -0.15) is 0 Å². The molecule has 3 heteroatoms. The Kier molecular flexibility index (Phi) is 6.39. The normalized spacial score (nSPS) is 11.7. The molecule has 0 aliphatic rings. The van der Waals surface area contributed by atoms with Crippen LogP contribution in [0.2, 0.25) is 0 Å². The Hall–Kier alpha value is -6.16. The Morgan fingerprint density at radius 2 is 1.00 bits per heavy atom. The van der Waals surface area contributed by atoms with Gasteiger partial charge in [-0.15, -0.1) is 11.3 Å². The molecule has 0 saturated carbocycles. The van der Waals surface area contributed by atoms with Crippen LogP contribution in [0.3, 0.4) is 0 Å². The molecule has 0 aliphatic carbocycles. The number of benzene rings is 8. The van der Waals surface area contributed by atoms with E-state index in [1.165, 1.54) is 63.9 Å². The van der Waals surface area contributed by atoms with Gasteiger partial charge in [0.2, 0.25) is 0 Å². The molecular formula is C46H30N2S. The molecule has 0 spiro atoms. The van der Waals surface area contributed by atoms with Gasteiger partial charge in [-0.05, 0) is 83.1 Å². The second-order valence-electron chi connectivity index (χ2n) is 12.5. The Balaban J connectivity index is 1.26. The van der Waals surface area contributed by atoms with Crippen LogP contribution in [-0.2, 0) is 0 Å². The minimum atomic E-state index is 1.12. The van der Waals surface area contributed by atoms with Crippen LogP contribution in [0.15, 0.2) is 182 Å². The summed E-state index contributed by atoms with van der Waals surface area (Å²) in [6, 6.07) is 66.3. The molecule has 0 atom stereocenters. The summed E-state index contributed by atoms with van der Waals surface area (Å²) in [5, 5.41) is 7.54. The molecule has 0 aliphatic heterocycles. The van der Waals surface area contributed by atoms with Crippen molar-refractivity contribution in [3.63, 3.8) is 0 Å². The third-order valence-corrected chi connectivity index (χ3v) is 10.9. The lowest BCUT2D eigenvalue weighted by Crippen LogP contribution is -2.11. The van der Waals surface area contributed by atoms with E-state index >= 15 is 0 Å². The fourth-order valence-corrected chi connectivity index (χ4v) is 8.68. The Labute approximate surface area is 288 Å². The van der Waals surface area contributed by atoms with Gasteiger partial charge in [-0.1, -0.05) is 115 Å². The minimum absolute atomic E-state index is 1.12. The van der Waals surface area contributed by atoms with Crippen molar-refractivity contribution >= 4 is 81.1 Å². The molecule has 49 heavy (non-hydrogen) atoms. The van der Waals surface area contributed by atoms with Crippen LogP contribution in [0.4, 0.5) is 17.1 Å². The van der Waals surface area contributed by atoms with Crippen molar-refractivity contribution in [3.8, 4) is 16.8 Å². The Morgan fingerprint density at radius 1 is 0.388 bits per heavy atom. The molecule has 0 amide bonds. The summed E-state index contributed by atoms with van der Waals surface area (Å²) in [6.07, 6.45) is 0. The fourth-order valence-electron chi connectivity index (χ4n) is 7.59. The zero-order chi connectivity index (χ0) is 32.3. The highest BCUT2D eigenvalue weighted by Gasteiger charge is 2.21. The third kappa shape index (κ3) is 4.47. The molecule has 2 heterocycles. The molecule has 8 aromatic carbocycles. The standard InChI is InChI=1S/C46H30N2S/c1-2-15-32(16-3-1)48-43-23-10-7-19-38(43)40-29-33(25-27-44(40)48)47(34-26-28-46-41(30-34)39-20-8-11-24-45(39)49-46)42-22-9-6-18-37(42)36-21-12-14-31-13-4-5-17-35(31)36/h1-30H. The number of fused-ring (bicyclic) bond motifs is 7. The van der Waals surface area contributed by atoms with Crippen LogP contribution in [0.1, 0.15) is 0 Å². The quantitative estimate of drug-likeness (QED) is 0.181. The summed E-state index contributed by atoms with van der Waals surface area (Å²) in [5.74, 6) is 0. The topological polar surface area (TPSA) is 8.17 Å². The first-order valence-corrected chi connectivity index (χ1v) is 17.5. The van der Waals surface area contributed by atoms with Crippen molar-refractivity contribution in [2.45, 2.75) is 0 Å². The molecule has 10 rings (SSSR count). The average Bonchev–Trinajstić information content (AvgIpc) is 3.71. The third-order valence-electron chi connectivity index (χ3n) is 9.77. The van der Waals surface area contributed by atoms with Crippen molar-refractivity contribution in [2.75, 3.05) is 4.90 Å². The van der Waals surface area contributed by atoms with Gasteiger partial charge in [0, 0.05) is 53.6 Å². The molecule has 0 N–H and O–H groups in total. The largest absolute Gasteiger partial charge is 0.310 e. The van der Waals surface area contributed by atoms with E-state index in [-0.39, 0.29) is 0 Å². The second kappa shape index (κ2) is 11.2. The number of nitrogens with zero attached hydrogens (tertiary/aromatic N) is 2. The number of thiophene rings is 1. The van der Waals surface area contributed by atoms with E-state index in [1.807, 2.05) is 11.3 Å². The van der Waals surface area contributed by atoms with Crippen molar-refractivity contribution in [1.82, 2.24) is 4.57 Å². The summed E-state index contributed by atoms with van der Waals surface area (Å²) in [6.45, 7) is 0. The van der Waals surface area contributed by atoms with Gasteiger partial charge in [0.05, 0.1) is 16.7 Å². The molecule has 0 saturated heterocycles. The van der Waals surface area contributed by atoms with E-state index in [9.17, 15) is 0 Å². The lowest BCUT2D eigenvalue weighted by molar-refractivity contribution is 1.18. The van der Waals surface area contributed by atoms with Gasteiger partial charge in [0.1, 0.15) is 0 Å². The second-order valence-corrected chi connectivity index (χ2v) is 13.6. The highest BCUT2D eigenvalue weighted by molar-refractivity contribution is 7.25. The Morgan fingerprint density at radius 3 is 1.90 bits per heavy atom. The number of para-hydroxylation sites is 3. The summed E-state index contributed by atoms with van der Waals surface area (Å²) in [5.41, 5.74) is 9.37. The number of aromatic nitrogens is 1. The van der Waals surface area contributed by atoms with Crippen LogP contribution in [-0.4, -0.2) is 4.57 Å². The predicted molar refractivity (Wildman–Crippen MR) is 211 cm³/mol. The first kappa shape index (κ1) is 27.9. The summed E-state index contributed by atoms with van der Waals surface area (Å²) in [4.78, 5) is 2.46. The maximum atomic E-state index is 2.46. The van der Waals surface area contributed by atoms with Gasteiger partial charge in [-0.25, -0.2) is 0 Å². The highest BCUT2D eigenvalue weighted by Crippen LogP contribution is 2.46. The van der Waals surface area contributed by atoms with E-state index in [2.05, 4.69) is 191 Å². The molecule has 230 valence electrons. The van der Waals surface area contributed by atoms with Crippen molar-refractivity contribution in [3.05, 3.63) is 182 Å². The zero-order valence-electron chi connectivity index (χ0n) is 26.6. The van der Waals surface area contributed by atoms with Gasteiger partial charge >= 0.3 is 0 Å². The predicted octanol–water partition coefficient (Wildman–Crippen LogP) is 13.4. The van der Waals surface area contributed by atoms with Crippen molar-refractivity contribution < 1.29 is 0 Å². The Bertz CT molecular complexity index is 2840. The van der Waals surface area contributed by atoms with Gasteiger partial charge in [-0.3, -0.25) is 0 Å². The molecule has 0 fully saturated rings. The molecule has 0 unspecified atom stereocenters. The van der Waals surface area contributed by atoms with E-state index in [1.54, 1.807) is 0 Å². The van der Waals surface area contributed by atoms with Crippen LogP contribution >= 0.6 is 11.3 Å². The monoisotopic (exact) mass is 642 g/mol. The highest BCUT2D eigenvalue weighted by atomic mass is 32.1. The van der Waals surface area contributed by atoms with E-state index in [4.69, 9.17) is 0 Å². The zero-order valence-corrected chi connectivity index (χ0v) is 27.4. The van der Waals surface area contributed by atoms with Gasteiger partial charge < -0.3 is 9.47 Å². The van der Waals surface area contributed by atoms with Crippen LogP contribution in [0.5, 0.6) is 0 Å². The van der Waals surface area contributed by atoms with Crippen LogP contribution < -0.4 is 4.90 Å². The molecule has 2 aromatic heterocycles. The van der Waals surface area contributed by atoms with E-state index in [0.29, 0.717) is 0 Å². The molecular weight excluding hydrogens is 613 g/mol. The minimum Gasteiger partial charge on any atom is -0.310 e. The molecule has 2 nitrogen and oxygen atoms in total. The van der Waals surface area contributed by atoms with Gasteiger partial charge in [0.15, 0.2) is 0 Å². The summed E-state index contributed by atoms with van der Waals surface area (Å²) < 4.78 is 4.99. The first-order valence-electron chi connectivity index (χ1n) is 16.7.